The third kappa shape index (κ3) is 7.23. The molecule has 0 aliphatic rings. The Morgan fingerprint density at radius 3 is 2.53 bits per heavy atom. The Bertz CT molecular complexity index is 939. The normalized spacial score (nSPS) is 12.2. The summed E-state index contributed by atoms with van der Waals surface area (Å²) in [6.45, 7) is 3.44. The van der Waals surface area contributed by atoms with Gasteiger partial charge in [-0.2, -0.15) is 13.2 Å². The molecule has 0 bridgehead atoms. The van der Waals surface area contributed by atoms with Gasteiger partial charge in [-0.3, -0.25) is 0 Å². The number of ether oxygens (including phenoxy) is 2. The molecule has 0 aliphatic carbocycles. The van der Waals surface area contributed by atoms with Gasteiger partial charge in [0, 0.05) is 30.3 Å². The third-order valence-corrected chi connectivity index (χ3v) is 3.99. The summed E-state index contributed by atoms with van der Waals surface area (Å²) < 4.78 is 49.4. The van der Waals surface area contributed by atoms with E-state index in [0.717, 1.165) is 6.08 Å². The van der Waals surface area contributed by atoms with Crippen molar-refractivity contribution < 1.29 is 37.7 Å². The van der Waals surface area contributed by atoms with Gasteiger partial charge in [0.15, 0.2) is 0 Å². The van der Waals surface area contributed by atoms with E-state index in [4.69, 9.17) is 26.2 Å². The number of hydrogen-bond donors (Lipinski definition) is 2. The number of halogens is 4. The predicted molar refractivity (Wildman–Crippen MR) is 104 cm³/mol. The van der Waals surface area contributed by atoms with Gasteiger partial charge in [-0.05, 0) is 38.1 Å². The number of rotatable bonds is 8. The molecular weight excluding hydrogens is 427 g/mol. The number of carboxylic acids is 1. The van der Waals surface area contributed by atoms with Crippen molar-refractivity contribution >= 4 is 23.6 Å². The predicted octanol–water partition coefficient (Wildman–Crippen LogP) is 5.18. The summed E-state index contributed by atoms with van der Waals surface area (Å²) in [6, 6.07) is 5.16. The third-order valence-electron chi connectivity index (χ3n) is 3.71. The molecular formula is C20H19ClF3NO5. The number of benzene rings is 1. The second-order valence-corrected chi connectivity index (χ2v) is 7.30. The van der Waals surface area contributed by atoms with Crippen LogP contribution in [0.1, 0.15) is 31.4 Å². The molecule has 1 heterocycles. The molecule has 2 rings (SSSR count). The topological polar surface area (TPSA) is 88.9 Å². The average Bonchev–Trinajstić information content (AvgIpc) is 2.60. The van der Waals surface area contributed by atoms with Crippen molar-refractivity contribution in [1.82, 2.24) is 4.98 Å². The monoisotopic (exact) mass is 445 g/mol. The molecule has 162 valence electrons. The van der Waals surface area contributed by atoms with E-state index in [2.05, 4.69) is 4.98 Å². The Kier molecular flexibility index (Phi) is 7.33. The fourth-order valence-corrected chi connectivity index (χ4v) is 2.37. The first-order valence-corrected chi connectivity index (χ1v) is 9.04. The van der Waals surface area contributed by atoms with Crippen LogP contribution in [0.2, 0.25) is 5.02 Å². The lowest BCUT2D eigenvalue weighted by Crippen LogP contribution is -2.21. The average molecular weight is 446 g/mol. The van der Waals surface area contributed by atoms with Crippen molar-refractivity contribution in [3.63, 3.8) is 0 Å². The molecule has 0 amide bonds. The summed E-state index contributed by atoms with van der Waals surface area (Å²) in [5.74, 6) is -1.08. The van der Waals surface area contributed by atoms with Crippen LogP contribution in [0.3, 0.4) is 0 Å². The quantitative estimate of drug-likeness (QED) is 0.544. The van der Waals surface area contributed by atoms with Gasteiger partial charge in [0.25, 0.3) is 0 Å². The van der Waals surface area contributed by atoms with Crippen molar-refractivity contribution in [1.29, 1.82) is 0 Å². The summed E-state index contributed by atoms with van der Waals surface area (Å²) in [6.07, 6.45) is -1.57. The summed E-state index contributed by atoms with van der Waals surface area (Å²) >= 11 is 5.88. The zero-order valence-corrected chi connectivity index (χ0v) is 16.8. The van der Waals surface area contributed by atoms with E-state index >= 15 is 0 Å². The zero-order valence-electron chi connectivity index (χ0n) is 16.0. The first-order chi connectivity index (χ1) is 13.8. The minimum absolute atomic E-state index is 0.0717. The first kappa shape index (κ1) is 23.5. The lowest BCUT2D eigenvalue weighted by atomic mass is 10.1. The Hall–Kier alpha value is -2.78. The van der Waals surface area contributed by atoms with Crippen LogP contribution in [-0.2, 0) is 11.0 Å². The van der Waals surface area contributed by atoms with Gasteiger partial charge in [-0.25, -0.2) is 9.78 Å². The van der Waals surface area contributed by atoms with Gasteiger partial charge < -0.3 is 19.7 Å². The molecule has 30 heavy (non-hydrogen) atoms. The molecule has 0 unspecified atom stereocenters. The molecule has 10 heteroatoms. The van der Waals surface area contributed by atoms with E-state index in [0.29, 0.717) is 30.0 Å². The minimum Gasteiger partial charge on any atom is -0.493 e. The highest BCUT2D eigenvalue weighted by Crippen LogP contribution is 2.36. The summed E-state index contributed by atoms with van der Waals surface area (Å²) in [7, 11) is 0. The van der Waals surface area contributed by atoms with Gasteiger partial charge in [0.05, 0.1) is 17.8 Å². The van der Waals surface area contributed by atoms with Gasteiger partial charge in [0.1, 0.15) is 16.5 Å². The van der Waals surface area contributed by atoms with Crippen LogP contribution in [0.25, 0.3) is 6.08 Å². The van der Waals surface area contributed by atoms with Crippen molar-refractivity contribution in [2.45, 2.75) is 32.0 Å². The highest BCUT2D eigenvalue weighted by Gasteiger charge is 2.32. The highest BCUT2D eigenvalue weighted by atomic mass is 35.5. The van der Waals surface area contributed by atoms with Crippen LogP contribution in [0.4, 0.5) is 13.2 Å². The molecule has 2 N–H and O–H groups in total. The number of nitrogens with zero attached hydrogens (tertiary/aromatic N) is 1. The number of aliphatic carboxylic acids is 1. The highest BCUT2D eigenvalue weighted by molar-refractivity contribution is 6.31. The number of hydrogen-bond acceptors (Lipinski definition) is 5. The smallest absolute Gasteiger partial charge is 0.417 e. The second kappa shape index (κ2) is 9.36. The van der Waals surface area contributed by atoms with Crippen molar-refractivity contribution in [3.05, 3.63) is 52.7 Å². The molecule has 0 radical (unpaired) electrons. The Labute approximate surface area is 175 Å². The van der Waals surface area contributed by atoms with Crippen LogP contribution in [0.15, 0.2) is 36.5 Å². The molecule has 2 aromatic rings. The molecule has 0 aliphatic heterocycles. The summed E-state index contributed by atoms with van der Waals surface area (Å²) in [5, 5.41) is 18.2. The number of aliphatic hydroxyl groups is 1. The Balaban J connectivity index is 2.32. The molecule has 0 atom stereocenters. The van der Waals surface area contributed by atoms with Crippen LogP contribution >= 0.6 is 11.6 Å². The van der Waals surface area contributed by atoms with Crippen LogP contribution in [0.5, 0.6) is 17.4 Å². The van der Waals surface area contributed by atoms with E-state index in [9.17, 15) is 23.1 Å². The lowest BCUT2D eigenvalue weighted by Gasteiger charge is -2.17. The molecule has 1 aromatic heterocycles. The molecule has 6 nitrogen and oxygen atoms in total. The minimum atomic E-state index is -4.61. The number of carbonyl (C=O) groups is 1. The number of carboxylic acid groups (broad SMARTS) is 1. The molecule has 0 fully saturated rings. The van der Waals surface area contributed by atoms with Gasteiger partial charge in [-0.15, -0.1) is 0 Å². The van der Waals surface area contributed by atoms with E-state index in [1.807, 2.05) is 0 Å². The maximum absolute atomic E-state index is 12.8. The number of aromatic nitrogens is 1. The summed E-state index contributed by atoms with van der Waals surface area (Å²) in [5.41, 5.74) is -1.65. The SMILES string of the molecule is CC(C)(O)CCOc1ccc(C=CC(=O)O)c(Oc2ncc(C(F)(F)F)cc2Cl)c1. The van der Waals surface area contributed by atoms with Gasteiger partial charge in [-0.1, -0.05) is 11.6 Å². The maximum Gasteiger partial charge on any atom is 0.417 e. The molecule has 1 aromatic carbocycles. The van der Waals surface area contributed by atoms with E-state index in [1.54, 1.807) is 19.9 Å². The Morgan fingerprint density at radius 2 is 1.97 bits per heavy atom. The molecule has 0 saturated heterocycles. The number of alkyl halides is 3. The van der Waals surface area contributed by atoms with Crippen molar-refractivity contribution in [3.8, 4) is 17.4 Å². The van der Waals surface area contributed by atoms with E-state index in [1.165, 1.54) is 18.2 Å². The van der Waals surface area contributed by atoms with Gasteiger partial charge in [0.2, 0.25) is 5.88 Å². The number of pyridine rings is 1. The Morgan fingerprint density at radius 1 is 1.27 bits per heavy atom. The van der Waals surface area contributed by atoms with E-state index in [-0.39, 0.29) is 23.3 Å². The van der Waals surface area contributed by atoms with Crippen LogP contribution in [0, 0.1) is 0 Å². The van der Waals surface area contributed by atoms with Crippen molar-refractivity contribution in [2.24, 2.45) is 0 Å². The van der Waals surface area contributed by atoms with Gasteiger partial charge >= 0.3 is 12.1 Å². The molecule has 0 saturated carbocycles. The first-order valence-electron chi connectivity index (χ1n) is 8.66. The second-order valence-electron chi connectivity index (χ2n) is 6.89. The van der Waals surface area contributed by atoms with Crippen molar-refractivity contribution in [2.75, 3.05) is 6.61 Å². The maximum atomic E-state index is 12.8. The standard InChI is InChI=1S/C20H19ClF3NO5/c1-19(2,28)7-8-29-14-5-3-12(4-6-17(26)27)16(10-14)30-18-15(21)9-13(11-25-18)20(22,23)24/h3-6,9-11,28H,7-8H2,1-2H3,(H,26,27). The van der Waals surface area contributed by atoms with Crippen LogP contribution in [-0.4, -0.2) is 33.4 Å². The fraction of sp³-hybridized carbons (Fsp3) is 0.300. The fourth-order valence-electron chi connectivity index (χ4n) is 2.17. The lowest BCUT2D eigenvalue weighted by molar-refractivity contribution is -0.138. The van der Waals surface area contributed by atoms with E-state index < -0.39 is 23.3 Å². The zero-order chi connectivity index (χ0) is 22.5. The van der Waals surface area contributed by atoms with Crippen LogP contribution < -0.4 is 9.47 Å². The largest absolute Gasteiger partial charge is 0.493 e. The summed E-state index contributed by atoms with van der Waals surface area (Å²) in [4.78, 5) is 14.4. The molecule has 0 spiro atoms.